The molecule has 1 fully saturated rings. The maximum atomic E-state index is 11.3. The summed E-state index contributed by atoms with van der Waals surface area (Å²) >= 11 is 0. The standard InChI is InChI=1S/C16H20N6O/c17-11-16(23)20-13-4-5-15(19-12-13)22-9-7-21(8-10-22)14-3-1-2-6-18-14/h1-6,12H,7-11,17H2,(H,20,23). The average molecular weight is 312 g/mol. The summed E-state index contributed by atoms with van der Waals surface area (Å²) in [4.78, 5) is 24.6. The highest BCUT2D eigenvalue weighted by molar-refractivity contribution is 5.91. The molecule has 2 aromatic rings. The summed E-state index contributed by atoms with van der Waals surface area (Å²) in [6.07, 6.45) is 3.48. The number of nitrogens with zero attached hydrogens (tertiary/aromatic N) is 4. The second kappa shape index (κ2) is 7.06. The van der Waals surface area contributed by atoms with Gasteiger partial charge in [0.25, 0.3) is 0 Å². The third-order valence-corrected chi connectivity index (χ3v) is 3.79. The first-order valence-corrected chi connectivity index (χ1v) is 7.63. The van der Waals surface area contributed by atoms with E-state index in [1.54, 1.807) is 6.20 Å². The average Bonchev–Trinajstić information content (AvgIpc) is 2.63. The van der Waals surface area contributed by atoms with E-state index in [4.69, 9.17) is 5.73 Å². The largest absolute Gasteiger partial charge is 0.353 e. The van der Waals surface area contributed by atoms with Gasteiger partial charge in [0.15, 0.2) is 0 Å². The zero-order valence-corrected chi connectivity index (χ0v) is 12.9. The molecule has 0 radical (unpaired) electrons. The van der Waals surface area contributed by atoms with Crippen LogP contribution in [0.2, 0.25) is 0 Å². The molecule has 0 unspecified atom stereocenters. The van der Waals surface area contributed by atoms with Gasteiger partial charge in [0.2, 0.25) is 5.91 Å². The highest BCUT2D eigenvalue weighted by Crippen LogP contribution is 2.18. The zero-order chi connectivity index (χ0) is 16.1. The Morgan fingerprint density at radius 1 is 1.04 bits per heavy atom. The summed E-state index contributed by atoms with van der Waals surface area (Å²) in [6.45, 7) is 3.56. The minimum atomic E-state index is -0.219. The number of nitrogens with one attached hydrogen (secondary N) is 1. The Labute approximate surface area is 135 Å². The van der Waals surface area contributed by atoms with Crippen molar-refractivity contribution < 1.29 is 4.79 Å². The van der Waals surface area contributed by atoms with Crippen LogP contribution in [0.3, 0.4) is 0 Å². The van der Waals surface area contributed by atoms with Gasteiger partial charge >= 0.3 is 0 Å². The lowest BCUT2D eigenvalue weighted by Crippen LogP contribution is -2.47. The van der Waals surface area contributed by atoms with E-state index < -0.39 is 0 Å². The minimum absolute atomic E-state index is 0.0305. The first kappa shape index (κ1) is 15.2. The van der Waals surface area contributed by atoms with Gasteiger partial charge in [-0.1, -0.05) is 6.07 Å². The van der Waals surface area contributed by atoms with E-state index in [1.807, 2.05) is 36.5 Å². The summed E-state index contributed by atoms with van der Waals surface area (Å²) in [7, 11) is 0. The molecule has 0 atom stereocenters. The van der Waals surface area contributed by atoms with Crippen LogP contribution in [-0.4, -0.2) is 48.6 Å². The van der Waals surface area contributed by atoms with Gasteiger partial charge in [-0.2, -0.15) is 0 Å². The molecule has 1 saturated heterocycles. The second-order valence-corrected chi connectivity index (χ2v) is 5.32. The van der Waals surface area contributed by atoms with Crippen molar-refractivity contribution in [2.75, 3.05) is 47.8 Å². The Balaban J connectivity index is 1.58. The lowest BCUT2D eigenvalue weighted by Gasteiger charge is -2.36. The molecule has 0 saturated carbocycles. The lowest BCUT2D eigenvalue weighted by molar-refractivity contribution is -0.114. The van der Waals surface area contributed by atoms with Gasteiger partial charge in [0.1, 0.15) is 11.6 Å². The molecule has 120 valence electrons. The van der Waals surface area contributed by atoms with Gasteiger partial charge < -0.3 is 20.9 Å². The first-order chi connectivity index (χ1) is 11.3. The predicted molar refractivity (Wildman–Crippen MR) is 90.6 cm³/mol. The molecule has 3 heterocycles. The Kier molecular flexibility index (Phi) is 4.68. The molecule has 1 aliphatic rings. The molecular weight excluding hydrogens is 292 g/mol. The van der Waals surface area contributed by atoms with Crippen molar-refractivity contribution in [3.8, 4) is 0 Å². The molecule has 2 aromatic heterocycles. The first-order valence-electron chi connectivity index (χ1n) is 7.63. The summed E-state index contributed by atoms with van der Waals surface area (Å²) in [5.74, 6) is 1.71. The predicted octanol–water partition coefficient (Wildman–Crippen LogP) is 0.700. The zero-order valence-electron chi connectivity index (χ0n) is 12.9. The number of rotatable bonds is 4. The number of aromatic nitrogens is 2. The number of carbonyl (C=O) groups excluding carboxylic acids is 1. The number of nitrogens with two attached hydrogens (primary N) is 1. The van der Waals surface area contributed by atoms with Crippen molar-refractivity contribution in [3.05, 3.63) is 42.7 Å². The molecule has 23 heavy (non-hydrogen) atoms. The van der Waals surface area contributed by atoms with Gasteiger partial charge in [0, 0.05) is 32.4 Å². The molecule has 0 spiro atoms. The smallest absolute Gasteiger partial charge is 0.238 e. The van der Waals surface area contributed by atoms with Gasteiger partial charge in [-0.3, -0.25) is 4.79 Å². The van der Waals surface area contributed by atoms with E-state index >= 15 is 0 Å². The molecule has 3 N–H and O–H groups in total. The molecule has 7 nitrogen and oxygen atoms in total. The van der Waals surface area contributed by atoms with Gasteiger partial charge in [-0.25, -0.2) is 9.97 Å². The number of hydrogen-bond acceptors (Lipinski definition) is 6. The third-order valence-electron chi connectivity index (χ3n) is 3.79. The van der Waals surface area contributed by atoms with Crippen LogP contribution in [0.4, 0.5) is 17.3 Å². The SMILES string of the molecule is NCC(=O)Nc1ccc(N2CCN(c3ccccn3)CC2)nc1. The van der Waals surface area contributed by atoms with Crippen LogP contribution in [0.15, 0.2) is 42.7 Å². The fourth-order valence-corrected chi connectivity index (χ4v) is 2.56. The molecule has 7 heteroatoms. The van der Waals surface area contributed by atoms with Crippen LogP contribution in [-0.2, 0) is 4.79 Å². The topological polar surface area (TPSA) is 87.4 Å². The Hall–Kier alpha value is -2.67. The quantitative estimate of drug-likeness (QED) is 0.864. The maximum Gasteiger partial charge on any atom is 0.238 e. The molecule has 3 rings (SSSR count). The number of piperazine rings is 1. The maximum absolute atomic E-state index is 11.3. The van der Waals surface area contributed by atoms with Crippen molar-refractivity contribution in [2.45, 2.75) is 0 Å². The Bertz CT molecular complexity index is 637. The van der Waals surface area contributed by atoms with Crippen LogP contribution in [0.1, 0.15) is 0 Å². The summed E-state index contributed by atoms with van der Waals surface area (Å²) in [6, 6.07) is 9.73. The molecule has 0 bridgehead atoms. The highest BCUT2D eigenvalue weighted by atomic mass is 16.1. The van der Waals surface area contributed by atoms with Crippen LogP contribution >= 0.6 is 0 Å². The summed E-state index contributed by atoms with van der Waals surface area (Å²) in [5, 5.41) is 2.69. The third kappa shape index (κ3) is 3.75. The van der Waals surface area contributed by atoms with E-state index in [0.29, 0.717) is 5.69 Å². The number of hydrogen-bond donors (Lipinski definition) is 2. The van der Waals surface area contributed by atoms with Gasteiger partial charge in [0.05, 0.1) is 18.4 Å². The fraction of sp³-hybridized carbons (Fsp3) is 0.312. The Morgan fingerprint density at radius 3 is 2.26 bits per heavy atom. The van der Waals surface area contributed by atoms with Crippen molar-refractivity contribution in [1.29, 1.82) is 0 Å². The van der Waals surface area contributed by atoms with Gasteiger partial charge in [-0.15, -0.1) is 0 Å². The second-order valence-electron chi connectivity index (χ2n) is 5.32. The number of pyridine rings is 2. The molecule has 0 aliphatic carbocycles. The molecular formula is C16H20N6O. The fourth-order valence-electron chi connectivity index (χ4n) is 2.56. The van der Waals surface area contributed by atoms with Crippen molar-refractivity contribution in [3.63, 3.8) is 0 Å². The van der Waals surface area contributed by atoms with Crippen LogP contribution in [0.25, 0.3) is 0 Å². The van der Waals surface area contributed by atoms with E-state index in [1.165, 1.54) is 0 Å². The van der Waals surface area contributed by atoms with E-state index in [-0.39, 0.29) is 12.5 Å². The monoisotopic (exact) mass is 312 g/mol. The summed E-state index contributed by atoms with van der Waals surface area (Å²) in [5.41, 5.74) is 5.94. The number of amides is 1. The minimum Gasteiger partial charge on any atom is -0.353 e. The number of anilines is 3. The molecule has 1 aliphatic heterocycles. The van der Waals surface area contributed by atoms with Crippen LogP contribution < -0.4 is 20.9 Å². The lowest BCUT2D eigenvalue weighted by atomic mass is 10.3. The van der Waals surface area contributed by atoms with Crippen LogP contribution in [0.5, 0.6) is 0 Å². The van der Waals surface area contributed by atoms with E-state index in [9.17, 15) is 4.79 Å². The van der Waals surface area contributed by atoms with E-state index in [0.717, 1.165) is 37.8 Å². The number of carbonyl (C=O) groups is 1. The molecule has 1 amide bonds. The van der Waals surface area contributed by atoms with E-state index in [2.05, 4.69) is 25.1 Å². The van der Waals surface area contributed by atoms with Crippen LogP contribution in [0, 0.1) is 0 Å². The normalized spacial score (nSPS) is 14.7. The highest BCUT2D eigenvalue weighted by Gasteiger charge is 2.18. The molecule has 0 aromatic carbocycles. The van der Waals surface area contributed by atoms with Crippen molar-refractivity contribution in [1.82, 2.24) is 9.97 Å². The van der Waals surface area contributed by atoms with Gasteiger partial charge in [-0.05, 0) is 24.3 Å². The summed E-state index contributed by atoms with van der Waals surface area (Å²) < 4.78 is 0. The van der Waals surface area contributed by atoms with Crippen molar-refractivity contribution >= 4 is 23.2 Å². The Morgan fingerprint density at radius 2 is 1.74 bits per heavy atom. The van der Waals surface area contributed by atoms with Crippen molar-refractivity contribution in [2.24, 2.45) is 5.73 Å².